The van der Waals surface area contributed by atoms with Crippen molar-refractivity contribution in [3.63, 3.8) is 0 Å². The van der Waals surface area contributed by atoms with Crippen LogP contribution in [0.25, 0.3) is 0 Å². The highest BCUT2D eigenvalue weighted by molar-refractivity contribution is 5.68. The molecule has 0 aliphatic rings. The second-order valence-corrected chi connectivity index (χ2v) is 5.54. The van der Waals surface area contributed by atoms with Gasteiger partial charge in [0, 0.05) is 6.42 Å². The standard InChI is InChI=1S/C19H34O2/c1-3-4-5-6-7-8-9-10-11-12-13-14-15-16-17-18-19(20)21-2/h8-9,12-13H,3-7,10-11,14-18H2,1-2H3/b9-8+,13-12+. The summed E-state index contributed by atoms with van der Waals surface area (Å²) in [4.78, 5) is 10.9. The third-order valence-electron chi connectivity index (χ3n) is 3.54. The number of allylic oxidation sites excluding steroid dienone is 4. The summed E-state index contributed by atoms with van der Waals surface area (Å²) in [6.45, 7) is 2.25. The van der Waals surface area contributed by atoms with Gasteiger partial charge in [-0.3, -0.25) is 4.79 Å². The van der Waals surface area contributed by atoms with Crippen LogP contribution in [-0.2, 0) is 9.53 Å². The van der Waals surface area contributed by atoms with Crippen LogP contribution in [0.5, 0.6) is 0 Å². The van der Waals surface area contributed by atoms with Gasteiger partial charge in [0.25, 0.3) is 0 Å². The Morgan fingerprint density at radius 2 is 1.29 bits per heavy atom. The minimum atomic E-state index is -0.0907. The number of carbonyl (C=O) groups excluding carboxylic acids is 1. The second-order valence-electron chi connectivity index (χ2n) is 5.54. The van der Waals surface area contributed by atoms with Gasteiger partial charge in [-0.05, 0) is 44.9 Å². The molecule has 0 spiro atoms. The molecule has 21 heavy (non-hydrogen) atoms. The van der Waals surface area contributed by atoms with E-state index in [4.69, 9.17) is 0 Å². The number of hydrogen-bond donors (Lipinski definition) is 0. The number of hydrogen-bond acceptors (Lipinski definition) is 2. The molecule has 0 heterocycles. The van der Waals surface area contributed by atoms with Gasteiger partial charge in [0.1, 0.15) is 0 Å². The summed E-state index contributed by atoms with van der Waals surface area (Å²) >= 11 is 0. The van der Waals surface area contributed by atoms with Gasteiger partial charge in [0.2, 0.25) is 0 Å². The fraction of sp³-hybridized carbons (Fsp3) is 0.737. The molecule has 0 bridgehead atoms. The van der Waals surface area contributed by atoms with E-state index in [1.54, 1.807) is 0 Å². The Morgan fingerprint density at radius 1 is 0.762 bits per heavy atom. The molecule has 0 fully saturated rings. The Morgan fingerprint density at radius 3 is 1.81 bits per heavy atom. The molecule has 0 aromatic rings. The van der Waals surface area contributed by atoms with Crippen molar-refractivity contribution in [2.45, 2.75) is 84.0 Å². The summed E-state index contributed by atoms with van der Waals surface area (Å²) in [6, 6.07) is 0. The highest BCUT2D eigenvalue weighted by Gasteiger charge is 1.97. The normalized spacial score (nSPS) is 11.5. The van der Waals surface area contributed by atoms with Crippen molar-refractivity contribution in [2.24, 2.45) is 0 Å². The molecule has 0 aliphatic heterocycles. The maximum Gasteiger partial charge on any atom is 0.305 e. The molecule has 0 radical (unpaired) electrons. The summed E-state index contributed by atoms with van der Waals surface area (Å²) in [5, 5.41) is 0. The van der Waals surface area contributed by atoms with E-state index in [-0.39, 0.29) is 5.97 Å². The van der Waals surface area contributed by atoms with Crippen LogP contribution >= 0.6 is 0 Å². The van der Waals surface area contributed by atoms with E-state index in [2.05, 4.69) is 36.0 Å². The first-order chi connectivity index (χ1) is 10.3. The molecule has 0 atom stereocenters. The Bertz CT molecular complexity index is 279. The molecule has 0 saturated carbocycles. The van der Waals surface area contributed by atoms with Gasteiger partial charge >= 0.3 is 5.97 Å². The monoisotopic (exact) mass is 294 g/mol. The van der Waals surface area contributed by atoms with Crippen molar-refractivity contribution < 1.29 is 9.53 Å². The zero-order chi connectivity index (χ0) is 15.6. The van der Waals surface area contributed by atoms with E-state index >= 15 is 0 Å². The Labute approximate surface area is 131 Å². The molecule has 0 N–H and O–H groups in total. The van der Waals surface area contributed by atoms with Gasteiger partial charge in [-0.2, -0.15) is 0 Å². The van der Waals surface area contributed by atoms with Crippen LogP contribution in [-0.4, -0.2) is 13.1 Å². The molecule has 0 aromatic heterocycles. The van der Waals surface area contributed by atoms with Crippen molar-refractivity contribution in [1.29, 1.82) is 0 Å². The van der Waals surface area contributed by atoms with E-state index in [1.165, 1.54) is 45.6 Å². The van der Waals surface area contributed by atoms with Crippen molar-refractivity contribution in [3.8, 4) is 0 Å². The number of rotatable bonds is 14. The van der Waals surface area contributed by atoms with Crippen molar-refractivity contribution >= 4 is 5.97 Å². The molecular weight excluding hydrogens is 260 g/mol. The average Bonchev–Trinajstić information content (AvgIpc) is 2.50. The van der Waals surface area contributed by atoms with E-state index in [9.17, 15) is 4.79 Å². The highest BCUT2D eigenvalue weighted by atomic mass is 16.5. The van der Waals surface area contributed by atoms with Crippen molar-refractivity contribution in [3.05, 3.63) is 24.3 Å². The summed E-state index contributed by atoms with van der Waals surface area (Å²) in [6.07, 6.45) is 23.0. The maximum absolute atomic E-state index is 10.9. The van der Waals surface area contributed by atoms with E-state index < -0.39 is 0 Å². The summed E-state index contributed by atoms with van der Waals surface area (Å²) in [7, 11) is 1.45. The third kappa shape index (κ3) is 16.9. The SMILES string of the molecule is CCCCCC/C=C/CC/C=C/CCCCCC(=O)OC. The van der Waals surface area contributed by atoms with Crippen LogP contribution in [0.4, 0.5) is 0 Å². The molecule has 0 aliphatic carbocycles. The van der Waals surface area contributed by atoms with Crippen LogP contribution in [0.15, 0.2) is 24.3 Å². The number of methoxy groups -OCH3 is 1. The number of esters is 1. The van der Waals surface area contributed by atoms with E-state index in [0.717, 1.165) is 32.1 Å². The highest BCUT2D eigenvalue weighted by Crippen LogP contribution is 2.06. The topological polar surface area (TPSA) is 26.3 Å². The van der Waals surface area contributed by atoms with E-state index in [1.807, 2.05) is 0 Å². The third-order valence-corrected chi connectivity index (χ3v) is 3.54. The Hall–Kier alpha value is -1.05. The molecule has 0 rings (SSSR count). The minimum absolute atomic E-state index is 0.0907. The lowest BCUT2D eigenvalue weighted by atomic mass is 10.1. The molecule has 0 aromatic carbocycles. The lowest BCUT2D eigenvalue weighted by Gasteiger charge is -1.98. The molecule has 0 unspecified atom stereocenters. The summed E-state index contributed by atoms with van der Waals surface area (Å²) in [5.74, 6) is -0.0907. The first-order valence-electron chi connectivity index (χ1n) is 8.68. The molecule has 2 nitrogen and oxygen atoms in total. The van der Waals surface area contributed by atoms with Crippen LogP contribution in [0.2, 0.25) is 0 Å². The molecular formula is C19H34O2. The van der Waals surface area contributed by atoms with E-state index in [0.29, 0.717) is 6.42 Å². The number of ether oxygens (including phenoxy) is 1. The average molecular weight is 294 g/mol. The lowest BCUT2D eigenvalue weighted by Crippen LogP contribution is -1.98. The summed E-state index contributed by atoms with van der Waals surface area (Å²) in [5.41, 5.74) is 0. The largest absolute Gasteiger partial charge is 0.469 e. The predicted molar refractivity (Wildman–Crippen MR) is 91.4 cm³/mol. The van der Waals surface area contributed by atoms with Crippen LogP contribution in [0.1, 0.15) is 84.0 Å². The smallest absolute Gasteiger partial charge is 0.305 e. The predicted octanol–water partition coefficient (Wildman–Crippen LogP) is 5.97. The molecule has 2 heteroatoms. The van der Waals surface area contributed by atoms with Crippen LogP contribution < -0.4 is 0 Å². The molecule has 122 valence electrons. The zero-order valence-electron chi connectivity index (χ0n) is 14.1. The second kappa shape index (κ2) is 17.0. The van der Waals surface area contributed by atoms with Crippen LogP contribution in [0, 0.1) is 0 Å². The maximum atomic E-state index is 10.9. The molecule has 0 amide bonds. The van der Waals surface area contributed by atoms with Gasteiger partial charge in [-0.25, -0.2) is 0 Å². The Balaban J connectivity index is 3.22. The van der Waals surface area contributed by atoms with Gasteiger partial charge in [0.05, 0.1) is 7.11 Å². The van der Waals surface area contributed by atoms with Crippen LogP contribution in [0.3, 0.4) is 0 Å². The first kappa shape index (κ1) is 19.9. The number of unbranched alkanes of at least 4 members (excludes halogenated alkanes) is 8. The van der Waals surface area contributed by atoms with Gasteiger partial charge in [-0.1, -0.05) is 56.9 Å². The zero-order valence-corrected chi connectivity index (χ0v) is 14.1. The molecule has 0 saturated heterocycles. The number of carbonyl (C=O) groups is 1. The quantitative estimate of drug-likeness (QED) is 0.224. The minimum Gasteiger partial charge on any atom is -0.469 e. The fourth-order valence-electron chi connectivity index (χ4n) is 2.16. The Kier molecular flexibility index (Phi) is 16.2. The van der Waals surface area contributed by atoms with Gasteiger partial charge in [-0.15, -0.1) is 0 Å². The summed E-state index contributed by atoms with van der Waals surface area (Å²) < 4.78 is 4.61. The van der Waals surface area contributed by atoms with Crippen molar-refractivity contribution in [1.82, 2.24) is 0 Å². The fourth-order valence-corrected chi connectivity index (χ4v) is 2.16. The first-order valence-corrected chi connectivity index (χ1v) is 8.68. The van der Waals surface area contributed by atoms with Gasteiger partial charge < -0.3 is 4.74 Å². The van der Waals surface area contributed by atoms with Gasteiger partial charge in [0.15, 0.2) is 0 Å². The lowest BCUT2D eigenvalue weighted by molar-refractivity contribution is -0.140. The van der Waals surface area contributed by atoms with Crippen molar-refractivity contribution in [2.75, 3.05) is 7.11 Å².